The normalized spacial score (nSPS) is 14.3. The number of hydrogen-bond acceptors (Lipinski definition) is 5. The largest absolute Gasteiger partial charge is 0.490 e. The first-order valence-corrected chi connectivity index (χ1v) is 10.9. The number of aryl methyl sites for hydroxylation is 1. The topological polar surface area (TPSA) is 54.4 Å². The zero-order chi connectivity index (χ0) is 19.2. The van der Waals surface area contributed by atoms with Gasteiger partial charge in [-0.05, 0) is 80.5 Å². The van der Waals surface area contributed by atoms with Crippen LogP contribution in [0.3, 0.4) is 0 Å². The third kappa shape index (κ3) is 4.91. The van der Waals surface area contributed by atoms with E-state index >= 15 is 0 Å². The second-order valence-electron chi connectivity index (χ2n) is 7.24. The minimum absolute atomic E-state index is 0.232. The Balaban J connectivity index is 1.37. The van der Waals surface area contributed by atoms with Crippen molar-refractivity contribution in [3.63, 3.8) is 0 Å². The fourth-order valence-electron chi connectivity index (χ4n) is 3.53. The lowest BCUT2D eigenvalue weighted by Gasteiger charge is -2.12. The summed E-state index contributed by atoms with van der Waals surface area (Å²) < 4.78 is 6.04. The average molecular weight is 395 g/mol. The highest BCUT2D eigenvalue weighted by atomic mass is 32.1. The Kier molecular flexibility index (Phi) is 6.24. The van der Waals surface area contributed by atoms with Crippen molar-refractivity contribution in [2.75, 3.05) is 11.9 Å². The van der Waals surface area contributed by atoms with Gasteiger partial charge in [0.05, 0.1) is 11.8 Å². The van der Waals surface area contributed by atoms with E-state index in [1.807, 2.05) is 12.1 Å². The van der Waals surface area contributed by atoms with Crippen molar-refractivity contribution in [1.82, 2.24) is 4.98 Å². The maximum Gasteiger partial charge on any atom is 0.187 e. The number of ether oxygens (including phenoxy) is 1. The van der Waals surface area contributed by atoms with Crippen molar-refractivity contribution in [3.05, 3.63) is 59.5 Å². The molecule has 3 aromatic rings. The fourth-order valence-corrected chi connectivity index (χ4v) is 4.27. The van der Waals surface area contributed by atoms with Gasteiger partial charge in [-0.3, -0.25) is 0 Å². The standard InChI is InChI=1S/C23H26N2O2S/c26-15-3-4-17-7-11-19(12-8-17)24-23-25-22(16-28-23)18-9-13-21(14-10-18)27-20-5-1-2-6-20/h7-14,16,20,26H,1-6,15H2,(H,24,25). The van der Waals surface area contributed by atoms with Gasteiger partial charge in [-0.25, -0.2) is 4.98 Å². The van der Waals surface area contributed by atoms with Crippen molar-refractivity contribution in [1.29, 1.82) is 0 Å². The monoisotopic (exact) mass is 394 g/mol. The number of aromatic nitrogens is 1. The van der Waals surface area contributed by atoms with E-state index in [1.54, 1.807) is 11.3 Å². The average Bonchev–Trinajstić information content (AvgIpc) is 3.40. The maximum absolute atomic E-state index is 8.93. The van der Waals surface area contributed by atoms with Crippen LogP contribution in [0.1, 0.15) is 37.7 Å². The molecule has 4 rings (SSSR count). The van der Waals surface area contributed by atoms with Crippen LogP contribution in [0, 0.1) is 0 Å². The Labute approximate surface area is 170 Å². The van der Waals surface area contributed by atoms with Crippen LogP contribution in [-0.2, 0) is 6.42 Å². The van der Waals surface area contributed by atoms with E-state index in [4.69, 9.17) is 14.8 Å². The van der Waals surface area contributed by atoms with Crippen molar-refractivity contribution >= 4 is 22.2 Å². The second-order valence-corrected chi connectivity index (χ2v) is 8.09. The molecule has 1 aliphatic rings. The third-order valence-electron chi connectivity index (χ3n) is 5.09. The van der Waals surface area contributed by atoms with E-state index in [0.29, 0.717) is 6.10 Å². The van der Waals surface area contributed by atoms with Crippen molar-refractivity contribution < 1.29 is 9.84 Å². The molecule has 1 aliphatic carbocycles. The Morgan fingerprint density at radius 2 is 1.79 bits per heavy atom. The molecular weight excluding hydrogens is 368 g/mol. The van der Waals surface area contributed by atoms with Gasteiger partial charge in [0.1, 0.15) is 5.75 Å². The molecule has 0 bridgehead atoms. The summed E-state index contributed by atoms with van der Waals surface area (Å²) in [5, 5.41) is 15.2. The molecule has 0 radical (unpaired) electrons. The van der Waals surface area contributed by atoms with E-state index in [2.05, 4.69) is 47.1 Å². The van der Waals surface area contributed by atoms with Gasteiger partial charge in [0, 0.05) is 23.2 Å². The summed E-state index contributed by atoms with van der Waals surface area (Å²) in [6.07, 6.45) is 6.99. The molecule has 1 heterocycles. The van der Waals surface area contributed by atoms with Crippen LogP contribution in [0.4, 0.5) is 10.8 Å². The van der Waals surface area contributed by atoms with E-state index in [0.717, 1.165) is 40.7 Å². The molecule has 1 fully saturated rings. The van der Waals surface area contributed by atoms with Gasteiger partial charge in [-0.2, -0.15) is 0 Å². The molecule has 2 aromatic carbocycles. The highest BCUT2D eigenvalue weighted by Gasteiger charge is 2.16. The van der Waals surface area contributed by atoms with Crippen molar-refractivity contribution in [3.8, 4) is 17.0 Å². The smallest absolute Gasteiger partial charge is 0.187 e. The molecule has 0 aliphatic heterocycles. The summed E-state index contributed by atoms with van der Waals surface area (Å²) >= 11 is 1.60. The van der Waals surface area contributed by atoms with Crippen LogP contribution in [-0.4, -0.2) is 22.8 Å². The number of nitrogens with one attached hydrogen (secondary N) is 1. The summed E-state index contributed by atoms with van der Waals surface area (Å²) in [6, 6.07) is 16.6. The van der Waals surface area contributed by atoms with E-state index < -0.39 is 0 Å². The number of hydrogen-bond donors (Lipinski definition) is 2. The number of benzene rings is 2. The first-order valence-electron chi connectivity index (χ1n) is 9.99. The molecule has 0 amide bonds. The van der Waals surface area contributed by atoms with Gasteiger partial charge in [-0.15, -0.1) is 11.3 Å². The van der Waals surface area contributed by atoms with E-state index in [1.165, 1.54) is 31.2 Å². The molecule has 0 saturated heterocycles. The highest BCUT2D eigenvalue weighted by molar-refractivity contribution is 7.14. The number of nitrogens with zero attached hydrogens (tertiary/aromatic N) is 1. The second kappa shape index (κ2) is 9.22. The van der Waals surface area contributed by atoms with Crippen molar-refractivity contribution in [2.24, 2.45) is 0 Å². The Morgan fingerprint density at radius 3 is 2.50 bits per heavy atom. The lowest BCUT2D eigenvalue weighted by molar-refractivity contribution is 0.210. The lowest BCUT2D eigenvalue weighted by atomic mass is 10.1. The van der Waals surface area contributed by atoms with Gasteiger partial charge in [0.15, 0.2) is 5.13 Å². The van der Waals surface area contributed by atoms with Crippen LogP contribution in [0.2, 0.25) is 0 Å². The highest BCUT2D eigenvalue weighted by Crippen LogP contribution is 2.30. The molecule has 2 N–H and O–H groups in total. The Morgan fingerprint density at radius 1 is 1.04 bits per heavy atom. The minimum atomic E-state index is 0.232. The molecule has 0 unspecified atom stereocenters. The predicted molar refractivity (Wildman–Crippen MR) is 116 cm³/mol. The van der Waals surface area contributed by atoms with Gasteiger partial charge in [0.25, 0.3) is 0 Å². The molecule has 1 saturated carbocycles. The van der Waals surface area contributed by atoms with Crippen LogP contribution in [0.5, 0.6) is 5.75 Å². The quantitative estimate of drug-likeness (QED) is 0.507. The van der Waals surface area contributed by atoms with Gasteiger partial charge in [0.2, 0.25) is 0 Å². The Hall–Kier alpha value is -2.37. The fraction of sp³-hybridized carbons (Fsp3) is 0.348. The summed E-state index contributed by atoms with van der Waals surface area (Å²) in [6.45, 7) is 0.232. The SMILES string of the molecule is OCCCc1ccc(Nc2nc(-c3ccc(OC4CCCC4)cc3)cs2)cc1. The van der Waals surface area contributed by atoms with Crippen molar-refractivity contribution in [2.45, 2.75) is 44.6 Å². The van der Waals surface area contributed by atoms with Crippen LogP contribution in [0.15, 0.2) is 53.9 Å². The number of rotatable bonds is 8. The summed E-state index contributed by atoms with van der Waals surface area (Å²) in [4.78, 5) is 4.71. The molecule has 1 aromatic heterocycles. The molecular formula is C23H26N2O2S. The molecule has 0 atom stereocenters. The zero-order valence-electron chi connectivity index (χ0n) is 15.9. The minimum Gasteiger partial charge on any atom is -0.490 e. The molecule has 4 nitrogen and oxygen atoms in total. The molecule has 0 spiro atoms. The first-order chi connectivity index (χ1) is 13.8. The summed E-state index contributed by atoms with van der Waals surface area (Å²) in [5.41, 5.74) is 4.33. The first kappa shape index (κ1) is 19.0. The third-order valence-corrected chi connectivity index (χ3v) is 5.85. The number of aliphatic hydroxyl groups is 1. The maximum atomic E-state index is 8.93. The lowest BCUT2D eigenvalue weighted by Crippen LogP contribution is -2.10. The van der Waals surface area contributed by atoms with Gasteiger partial charge in [-0.1, -0.05) is 12.1 Å². The van der Waals surface area contributed by atoms with Gasteiger partial charge < -0.3 is 15.2 Å². The number of anilines is 2. The van der Waals surface area contributed by atoms with Crippen LogP contribution in [0.25, 0.3) is 11.3 Å². The Bertz CT molecular complexity index is 868. The molecule has 28 heavy (non-hydrogen) atoms. The number of thiazole rings is 1. The van der Waals surface area contributed by atoms with Crippen LogP contribution < -0.4 is 10.1 Å². The predicted octanol–water partition coefficient (Wildman–Crippen LogP) is 5.80. The molecule has 5 heteroatoms. The van der Waals surface area contributed by atoms with E-state index in [9.17, 15) is 0 Å². The molecule has 146 valence electrons. The van der Waals surface area contributed by atoms with Crippen LogP contribution >= 0.6 is 11.3 Å². The van der Waals surface area contributed by atoms with Gasteiger partial charge >= 0.3 is 0 Å². The van der Waals surface area contributed by atoms with E-state index in [-0.39, 0.29) is 6.61 Å². The zero-order valence-corrected chi connectivity index (χ0v) is 16.8. The summed E-state index contributed by atoms with van der Waals surface area (Å²) in [7, 11) is 0. The summed E-state index contributed by atoms with van der Waals surface area (Å²) in [5.74, 6) is 0.950. The number of aliphatic hydroxyl groups excluding tert-OH is 1.